The van der Waals surface area contributed by atoms with Gasteiger partial charge in [0, 0.05) is 13.1 Å². The molecule has 4 aromatic rings. The van der Waals surface area contributed by atoms with Crippen molar-refractivity contribution in [3.63, 3.8) is 0 Å². The van der Waals surface area contributed by atoms with Gasteiger partial charge in [-0.05, 0) is 44.8 Å². The lowest BCUT2D eigenvalue weighted by atomic mass is 10.1. The molecule has 0 atom stereocenters. The first-order valence-electron chi connectivity index (χ1n) is 9.68. The minimum Gasteiger partial charge on any atom is -1.00 e. The summed E-state index contributed by atoms with van der Waals surface area (Å²) in [5.41, 5.74) is 2.44. The number of halogens is 3. The third kappa shape index (κ3) is 4.85. The lowest BCUT2D eigenvalue weighted by Gasteiger charge is -2.23. The molecule has 0 aliphatic carbocycles. The molecule has 1 heterocycles. The van der Waals surface area contributed by atoms with Gasteiger partial charge >= 0.3 is 0 Å². The highest BCUT2D eigenvalue weighted by Gasteiger charge is 2.26. The summed E-state index contributed by atoms with van der Waals surface area (Å²) in [6.07, 6.45) is 0. The van der Waals surface area contributed by atoms with Crippen LogP contribution in [0.5, 0.6) is 0 Å². The highest BCUT2D eigenvalue weighted by atomic mass is 79.9. The van der Waals surface area contributed by atoms with Crippen molar-refractivity contribution in [2.45, 2.75) is 20.5 Å². The van der Waals surface area contributed by atoms with Gasteiger partial charge in [-0.25, -0.2) is 0 Å². The molecular formula is C26H24BrCl2N2-. The Morgan fingerprint density at radius 2 is 0.968 bits per heavy atom. The van der Waals surface area contributed by atoms with Gasteiger partial charge < -0.3 is 26.8 Å². The molecule has 0 aromatic heterocycles. The van der Waals surface area contributed by atoms with Crippen molar-refractivity contribution >= 4 is 44.7 Å². The lowest BCUT2D eigenvalue weighted by Crippen LogP contribution is -3.00. The van der Waals surface area contributed by atoms with Crippen LogP contribution in [-0.2, 0) is 13.1 Å². The zero-order valence-electron chi connectivity index (χ0n) is 16.2. The van der Waals surface area contributed by atoms with Gasteiger partial charge in [0.15, 0.2) is 0 Å². The van der Waals surface area contributed by atoms with Crippen LogP contribution in [0, 0.1) is 0 Å². The van der Waals surface area contributed by atoms with Gasteiger partial charge in [0.2, 0.25) is 0 Å². The lowest BCUT2D eigenvalue weighted by molar-refractivity contribution is -0.00000586. The Kier molecular flexibility index (Phi) is 7.53. The second-order valence-electron chi connectivity index (χ2n) is 7.48. The van der Waals surface area contributed by atoms with E-state index in [0.29, 0.717) is 17.0 Å². The van der Waals surface area contributed by atoms with E-state index in [4.69, 9.17) is 23.2 Å². The van der Waals surface area contributed by atoms with E-state index in [1.165, 1.54) is 32.7 Å². The van der Waals surface area contributed by atoms with E-state index in [9.17, 15) is 0 Å². The average molecular weight is 515 g/mol. The summed E-state index contributed by atoms with van der Waals surface area (Å²) in [5.74, 6) is 0. The summed E-state index contributed by atoms with van der Waals surface area (Å²) in [6.45, 7) is 2.14. The topological polar surface area (TPSA) is 6.48 Å². The number of nitrogens with zero attached hydrogens (tertiary/aromatic N) is 2. The van der Waals surface area contributed by atoms with Gasteiger partial charge in [-0.15, -0.1) is 0 Å². The molecule has 2 nitrogen and oxygen atoms in total. The maximum absolute atomic E-state index is 6.58. The zero-order valence-corrected chi connectivity index (χ0v) is 19.3. The van der Waals surface area contributed by atoms with Gasteiger partial charge in [-0.1, -0.05) is 103 Å². The van der Waals surface area contributed by atoms with Crippen LogP contribution >= 0.6 is 23.2 Å². The van der Waals surface area contributed by atoms with Crippen LogP contribution in [0.4, 0.5) is 0 Å². The van der Waals surface area contributed by atoms with Crippen LogP contribution in [-0.4, -0.2) is 16.5 Å². The largest absolute Gasteiger partial charge is 1.00 e. The van der Waals surface area contributed by atoms with Crippen LogP contribution in [0.1, 0.15) is 18.6 Å². The maximum Gasteiger partial charge on any atom is 0.142 e. The first kappa shape index (κ1) is 23.5. The van der Waals surface area contributed by atoms with E-state index in [1.807, 2.05) is 0 Å². The van der Waals surface area contributed by atoms with E-state index in [-0.39, 0.29) is 24.4 Å². The molecule has 0 unspecified atom stereocenters. The summed E-state index contributed by atoms with van der Waals surface area (Å²) in [6, 6.07) is 29.9. The fourth-order valence-corrected chi connectivity index (χ4v) is 4.41. The Labute approximate surface area is 204 Å². The molecule has 0 spiro atoms. The second-order valence-corrected chi connectivity index (χ2v) is 8.20. The monoisotopic (exact) mass is 513 g/mol. The predicted octanol–water partition coefficient (Wildman–Crippen LogP) is 4.51. The van der Waals surface area contributed by atoms with Crippen LogP contribution in [0.2, 0.25) is 0 Å². The van der Waals surface area contributed by atoms with E-state index in [1.54, 1.807) is 0 Å². The summed E-state index contributed by atoms with van der Waals surface area (Å²) in [5, 5.41) is 6.19. The molecule has 160 valence electrons. The normalized spacial score (nSPS) is 13.5. The van der Waals surface area contributed by atoms with Crippen molar-refractivity contribution in [1.82, 2.24) is 9.80 Å². The van der Waals surface area contributed by atoms with Crippen LogP contribution < -0.4 is 17.0 Å². The Morgan fingerprint density at radius 1 is 0.581 bits per heavy atom. The summed E-state index contributed by atoms with van der Waals surface area (Å²) >= 11 is 13.2. The predicted molar refractivity (Wildman–Crippen MR) is 129 cm³/mol. The fourth-order valence-electron chi connectivity index (χ4n) is 3.95. The first-order valence-corrected chi connectivity index (χ1v) is 10.4. The highest BCUT2D eigenvalue weighted by Crippen LogP contribution is 2.33. The molecule has 0 radical (unpaired) electrons. The molecule has 0 fully saturated rings. The van der Waals surface area contributed by atoms with E-state index in [2.05, 4.69) is 94.7 Å². The Hall–Kier alpha value is -2.20. The minimum absolute atomic E-state index is 0. The fraction of sp³-hybridized carbons (Fsp3) is 0.154. The van der Waals surface area contributed by atoms with E-state index >= 15 is 0 Å². The molecule has 5 heteroatoms. The maximum atomic E-state index is 6.58. The third-order valence-corrected chi connectivity index (χ3v) is 6.37. The van der Waals surface area contributed by atoms with Gasteiger partial charge in [0.05, 0.1) is 6.67 Å². The number of rotatable bonds is 4. The molecule has 1 aliphatic heterocycles. The van der Waals surface area contributed by atoms with Gasteiger partial charge in [-0.3, -0.25) is 0 Å². The van der Waals surface area contributed by atoms with Crippen molar-refractivity contribution in [3.8, 4) is 0 Å². The quantitative estimate of drug-likeness (QED) is 0.369. The summed E-state index contributed by atoms with van der Waals surface area (Å²) < 4.78 is 0. The van der Waals surface area contributed by atoms with Crippen molar-refractivity contribution in [2.75, 3.05) is 6.67 Å². The van der Waals surface area contributed by atoms with E-state index < -0.39 is 0 Å². The molecule has 0 saturated heterocycles. The number of hydrogen-bond acceptors (Lipinski definition) is 2. The zero-order chi connectivity index (χ0) is 19.8. The van der Waals surface area contributed by atoms with Crippen molar-refractivity contribution in [2.24, 2.45) is 0 Å². The highest BCUT2D eigenvalue weighted by molar-refractivity contribution is 6.38. The minimum atomic E-state index is 0. The smallest absolute Gasteiger partial charge is 0.142 e. The number of fused-ring (bicyclic) bond motifs is 2. The Bertz CT molecular complexity index is 1140. The molecule has 0 bridgehead atoms. The average Bonchev–Trinajstić information content (AvgIpc) is 3.01. The molecule has 5 rings (SSSR count). The standard InChI is InChI=1S/C25H20Cl2N2.CH4.BrH/c26-24-25(27)29(16-19-10-12-21-6-2-4-8-23(21)14-19)17-28(24)15-18-9-11-20-5-1-3-7-22(20)13-18;;/h1-14H,15-17H2;1H4;1H/p-1. The Balaban J connectivity index is 0.00000136. The number of benzene rings is 4. The number of hydrogen-bond donors (Lipinski definition) is 0. The van der Waals surface area contributed by atoms with Crippen LogP contribution in [0.3, 0.4) is 0 Å². The van der Waals surface area contributed by atoms with Crippen molar-refractivity contribution in [1.29, 1.82) is 0 Å². The second kappa shape index (κ2) is 9.95. The summed E-state index contributed by atoms with van der Waals surface area (Å²) in [4.78, 5) is 4.24. The van der Waals surface area contributed by atoms with Crippen molar-refractivity contribution < 1.29 is 17.0 Å². The molecule has 1 aliphatic rings. The molecule has 0 amide bonds. The molecular weight excluding hydrogens is 491 g/mol. The van der Waals surface area contributed by atoms with Crippen LogP contribution in [0.15, 0.2) is 95.2 Å². The van der Waals surface area contributed by atoms with Crippen LogP contribution in [0.25, 0.3) is 21.5 Å². The van der Waals surface area contributed by atoms with E-state index in [0.717, 1.165) is 13.1 Å². The Morgan fingerprint density at radius 3 is 1.39 bits per heavy atom. The van der Waals surface area contributed by atoms with Gasteiger partial charge in [-0.2, -0.15) is 0 Å². The third-order valence-electron chi connectivity index (χ3n) is 5.44. The first-order chi connectivity index (χ1) is 14.2. The van der Waals surface area contributed by atoms with Gasteiger partial charge in [0.1, 0.15) is 10.3 Å². The molecule has 0 saturated carbocycles. The van der Waals surface area contributed by atoms with Gasteiger partial charge in [0.25, 0.3) is 0 Å². The SMILES string of the molecule is C.ClC1=C(Cl)N(Cc2ccc3ccccc3c2)CN1Cc1ccc2ccccc2c1.[Br-]. The summed E-state index contributed by atoms with van der Waals surface area (Å²) in [7, 11) is 0. The molecule has 4 aromatic carbocycles. The molecule has 0 N–H and O–H groups in total. The molecule has 31 heavy (non-hydrogen) atoms. The van der Waals surface area contributed by atoms with Crippen molar-refractivity contribution in [3.05, 3.63) is 106 Å².